The summed E-state index contributed by atoms with van der Waals surface area (Å²) >= 11 is 0. The lowest BCUT2D eigenvalue weighted by Crippen LogP contribution is -2.49. The predicted molar refractivity (Wildman–Crippen MR) is 130 cm³/mol. The van der Waals surface area contributed by atoms with Crippen molar-refractivity contribution >= 4 is 21.8 Å². The Balaban J connectivity index is 1.22. The van der Waals surface area contributed by atoms with Crippen molar-refractivity contribution < 1.29 is 22.7 Å². The summed E-state index contributed by atoms with van der Waals surface area (Å²) in [5.74, 6) is 1.86. The second kappa shape index (κ2) is 8.55. The Morgan fingerprint density at radius 2 is 1.83 bits per heavy atom. The molecule has 3 heterocycles. The molecular formula is C26H29N3O5S. The molecule has 2 fully saturated rings. The highest BCUT2D eigenvalue weighted by molar-refractivity contribution is 7.90. The molecule has 2 aromatic rings. The standard InChI is InChI=1S/C26H29N3O5S/c30-25(20-7-5-13-29(20)24-19-6-1-2-8-23(19)35(31,32)28-24)27-17-26(11-3-4-12-26)18-9-10-21-22(16-18)34-15-14-33-21/h1-2,6,8-10,16,20H,3-5,7,11-15,17H2,(H,27,30)/t20-/m0/s1. The van der Waals surface area contributed by atoms with Crippen molar-refractivity contribution in [2.45, 2.75) is 54.9 Å². The first-order valence-corrected chi connectivity index (χ1v) is 13.8. The Hall–Kier alpha value is -3.07. The Bertz CT molecular complexity index is 1300. The minimum absolute atomic E-state index is 0.0733. The van der Waals surface area contributed by atoms with Gasteiger partial charge in [0.2, 0.25) is 5.91 Å². The van der Waals surface area contributed by atoms with Crippen molar-refractivity contribution in [3.8, 4) is 11.5 Å². The molecule has 4 aliphatic rings. The molecule has 184 valence electrons. The average molecular weight is 496 g/mol. The molecule has 1 N–H and O–H groups in total. The number of carbonyl (C=O) groups excluding carboxylic acids is 1. The van der Waals surface area contributed by atoms with Crippen molar-refractivity contribution in [3.05, 3.63) is 53.6 Å². The molecule has 0 aromatic heterocycles. The largest absolute Gasteiger partial charge is 0.486 e. The zero-order valence-electron chi connectivity index (χ0n) is 19.5. The Kier molecular flexibility index (Phi) is 5.47. The van der Waals surface area contributed by atoms with Gasteiger partial charge in [0.15, 0.2) is 17.3 Å². The molecule has 1 aliphatic carbocycles. The van der Waals surface area contributed by atoms with Gasteiger partial charge in [0.1, 0.15) is 24.2 Å². The second-order valence-electron chi connectivity index (χ2n) is 9.80. The SMILES string of the molecule is O=C(NCC1(c2ccc3c(c2)OCCO3)CCCC1)[C@@H]1CCCN1C1=NS(=O)(=O)c2ccccc21. The van der Waals surface area contributed by atoms with E-state index in [1.165, 1.54) is 5.56 Å². The molecule has 8 nitrogen and oxygen atoms in total. The molecule has 2 aromatic carbocycles. The summed E-state index contributed by atoms with van der Waals surface area (Å²) in [6.45, 7) is 2.24. The number of hydrogen-bond donors (Lipinski definition) is 1. The van der Waals surface area contributed by atoms with E-state index in [-0.39, 0.29) is 16.2 Å². The van der Waals surface area contributed by atoms with Crippen LogP contribution in [0.5, 0.6) is 11.5 Å². The molecule has 1 atom stereocenters. The quantitative estimate of drug-likeness (QED) is 0.701. The molecule has 6 rings (SSSR count). The molecule has 0 unspecified atom stereocenters. The van der Waals surface area contributed by atoms with Crippen LogP contribution in [0.4, 0.5) is 0 Å². The number of likely N-dealkylation sites (tertiary alicyclic amines) is 1. The maximum absolute atomic E-state index is 13.4. The first-order chi connectivity index (χ1) is 17.0. The molecule has 9 heteroatoms. The smallest absolute Gasteiger partial charge is 0.285 e. The third-order valence-corrected chi connectivity index (χ3v) is 9.08. The van der Waals surface area contributed by atoms with Crippen molar-refractivity contribution in [2.24, 2.45) is 4.40 Å². The summed E-state index contributed by atoms with van der Waals surface area (Å²) in [6, 6.07) is 12.5. The van der Waals surface area contributed by atoms with Crippen LogP contribution < -0.4 is 14.8 Å². The van der Waals surface area contributed by atoms with Crippen LogP contribution in [0.3, 0.4) is 0 Å². The molecule has 1 amide bonds. The van der Waals surface area contributed by atoms with Crippen LogP contribution in [0.2, 0.25) is 0 Å². The van der Waals surface area contributed by atoms with Crippen LogP contribution in [-0.4, -0.2) is 57.4 Å². The van der Waals surface area contributed by atoms with E-state index in [1.54, 1.807) is 24.3 Å². The van der Waals surface area contributed by atoms with Crippen molar-refractivity contribution in [1.82, 2.24) is 10.2 Å². The third-order valence-electron chi connectivity index (χ3n) is 7.76. The molecule has 1 saturated carbocycles. The number of carbonyl (C=O) groups is 1. The predicted octanol–water partition coefficient (Wildman–Crippen LogP) is 3.00. The number of hydrogen-bond acceptors (Lipinski definition) is 6. The van der Waals surface area contributed by atoms with Crippen LogP contribution in [-0.2, 0) is 20.2 Å². The number of sulfonamides is 1. The van der Waals surface area contributed by atoms with Gasteiger partial charge in [-0.05, 0) is 55.5 Å². The van der Waals surface area contributed by atoms with Gasteiger partial charge in [-0.25, -0.2) is 0 Å². The number of ether oxygens (including phenoxy) is 2. The van der Waals surface area contributed by atoms with Crippen molar-refractivity contribution in [2.75, 3.05) is 26.3 Å². The minimum Gasteiger partial charge on any atom is -0.486 e. The van der Waals surface area contributed by atoms with Gasteiger partial charge in [-0.3, -0.25) is 4.79 Å². The number of amidine groups is 1. The van der Waals surface area contributed by atoms with Gasteiger partial charge in [0.25, 0.3) is 10.0 Å². The van der Waals surface area contributed by atoms with E-state index in [4.69, 9.17) is 9.47 Å². The van der Waals surface area contributed by atoms with E-state index in [0.717, 1.165) is 43.6 Å². The van der Waals surface area contributed by atoms with Gasteiger partial charge >= 0.3 is 0 Å². The number of benzene rings is 2. The number of fused-ring (bicyclic) bond motifs is 2. The lowest BCUT2D eigenvalue weighted by atomic mass is 9.78. The van der Waals surface area contributed by atoms with Crippen LogP contribution in [0, 0.1) is 0 Å². The van der Waals surface area contributed by atoms with E-state index in [2.05, 4.69) is 21.8 Å². The maximum atomic E-state index is 13.4. The van der Waals surface area contributed by atoms with E-state index in [0.29, 0.717) is 44.1 Å². The molecule has 1 saturated heterocycles. The topological polar surface area (TPSA) is 97.3 Å². The average Bonchev–Trinajstić information content (AvgIpc) is 3.61. The highest BCUT2D eigenvalue weighted by atomic mass is 32.2. The number of amides is 1. The fourth-order valence-electron chi connectivity index (χ4n) is 5.96. The summed E-state index contributed by atoms with van der Waals surface area (Å²) in [4.78, 5) is 15.5. The lowest BCUT2D eigenvalue weighted by Gasteiger charge is -2.33. The Morgan fingerprint density at radius 3 is 2.66 bits per heavy atom. The van der Waals surface area contributed by atoms with E-state index >= 15 is 0 Å². The van der Waals surface area contributed by atoms with Gasteiger partial charge < -0.3 is 19.7 Å². The highest BCUT2D eigenvalue weighted by Crippen LogP contribution is 2.44. The molecule has 0 radical (unpaired) electrons. The first kappa shape index (κ1) is 22.4. The van der Waals surface area contributed by atoms with Crippen molar-refractivity contribution in [3.63, 3.8) is 0 Å². The van der Waals surface area contributed by atoms with Crippen LogP contribution in [0.1, 0.15) is 49.7 Å². The summed E-state index contributed by atoms with van der Waals surface area (Å²) < 4.78 is 40.7. The zero-order valence-corrected chi connectivity index (χ0v) is 20.4. The number of nitrogens with one attached hydrogen (secondary N) is 1. The summed E-state index contributed by atoms with van der Waals surface area (Å²) in [5, 5.41) is 3.23. The van der Waals surface area contributed by atoms with Crippen LogP contribution in [0.15, 0.2) is 51.8 Å². The monoisotopic (exact) mass is 495 g/mol. The summed E-state index contributed by atoms with van der Waals surface area (Å²) in [7, 11) is -3.73. The zero-order chi connectivity index (χ0) is 24.0. The number of nitrogens with zero attached hydrogens (tertiary/aromatic N) is 2. The van der Waals surface area contributed by atoms with Gasteiger partial charge in [-0.1, -0.05) is 31.0 Å². The van der Waals surface area contributed by atoms with Crippen molar-refractivity contribution in [1.29, 1.82) is 0 Å². The molecule has 0 spiro atoms. The second-order valence-corrected chi connectivity index (χ2v) is 11.4. The van der Waals surface area contributed by atoms with E-state index in [1.807, 2.05) is 11.0 Å². The summed E-state index contributed by atoms with van der Waals surface area (Å²) in [5.41, 5.74) is 1.61. The van der Waals surface area contributed by atoms with Gasteiger partial charge in [-0.15, -0.1) is 4.40 Å². The Morgan fingerprint density at radius 1 is 1.06 bits per heavy atom. The first-order valence-electron chi connectivity index (χ1n) is 12.4. The Labute approximate surface area is 205 Å². The summed E-state index contributed by atoms with van der Waals surface area (Å²) in [6.07, 6.45) is 5.71. The van der Waals surface area contributed by atoms with Crippen LogP contribution >= 0.6 is 0 Å². The molecule has 3 aliphatic heterocycles. The lowest BCUT2D eigenvalue weighted by molar-refractivity contribution is -0.124. The normalized spacial score (nSPS) is 23.6. The fourth-order valence-corrected chi connectivity index (χ4v) is 7.17. The molecular weight excluding hydrogens is 466 g/mol. The number of rotatable bonds is 4. The fraction of sp³-hybridized carbons (Fsp3) is 0.462. The highest BCUT2D eigenvalue weighted by Gasteiger charge is 2.41. The maximum Gasteiger partial charge on any atom is 0.285 e. The van der Waals surface area contributed by atoms with E-state index < -0.39 is 16.1 Å². The molecule has 35 heavy (non-hydrogen) atoms. The van der Waals surface area contributed by atoms with Crippen LogP contribution in [0.25, 0.3) is 0 Å². The van der Waals surface area contributed by atoms with E-state index in [9.17, 15) is 13.2 Å². The van der Waals surface area contributed by atoms with Gasteiger partial charge in [-0.2, -0.15) is 8.42 Å². The van der Waals surface area contributed by atoms with Gasteiger partial charge in [0.05, 0.1) is 0 Å². The molecule has 0 bridgehead atoms. The minimum atomic E-state index is -3.73. The van der Waals surface area contributed by atoms with Gasteiger partial charge in [0, 0.05) is 24.1 Å². The third kappa shape index (κ3) is 3.86.